The molecule has 16 heavy (non-hydrogen) atoms. The summed E-state index contributed by atoms with van der Waals surface area (Å²) in [6, 6.07) is -0.626. The SMILES string of the molecule is C=CC(=O)NC(C)(C)N(CO)C(=O)N=CC. The molecule has 2 N–H and O–H groups in total. The average Bonchev–Trinajstić information content (AvgIpc) is 2.17. The van der Waals surface area contributed by atoms with Gasteiger partial charge in [0, 0.05) is 6.21 Å². The van der Waals surface area contributed by atoms with Crippen LogP contribution < -0.4 is 5.32 Å². The lowest BCUT2D eigenvalue weighted by molar-refractivity contribution is -0.120. The van der Waals surface area contributed by atoms with Gasteiger partial charge in [-0.15, -0.1) is 0 Å². The minimum atomic E-state index is -1.04. The Morgan fingerprint density at radius 1 is 1.56 bits per heavy atom. The third kappa shape index (κ3) is 3.82. The molecule has 0 fully saturated rings. The Balaban J connectivity index is 4.85. The maximum absolute atomic E-state index is 11.5. The van der Waals surface area contributed by atoms with Crippen LogP contribution in [0.4, 0.5) is 4.79 Å². The fourth-order valence-electron chi connectivity index (χ4n) is 1.08. The standard InChI is InChI=1S/C10H17N3O3/c1-5-8(15)12-10(3,4)13(7-14)9(16)11-6-2/h5-6,14H,1,7H2,2-4H3,(H,12,15). The van der Waals surface area contributed by atoms with E-state index in [1.165, 1.54) is 6.21 Å². The van der Waals surface area contributed by atoms with E-state index in [-0.39, 0.29) is 0 Å². The molecule has 3 amide bonds. The maximum Gasteiger partial charge on any atom is 0.346 e. The molecule has 0 heterocycles. The van der Waals surface area contributed by atoms with E-state index < -0.39 is 24.3 Å². The largest absolute Gasteiger partial charge is 0.376 e. The van der Waals surface area contributed by atoms with Crippen molar-refractivity contribution in [3.63, 3.8) is 0 Å². The summed E-state index contributed by atoms with van der Waals surface area (Å²) in [7, 11) is 0. The Labute approximate surface area is 94.7 Å². The molecule has 0 aliphatic heterocycles. The number of aliphatic hydroxyl groups excluding tert-OH is 1. The third-order valence-corrected chi connectivity index (χ3v) is 1.90. The van der Waals surface area contributed by atoms with Gasteiger partial charge in [-0.3, -0.25) is 9.69 Å². The number of hydrogen-bond acceptors (Lipinski definition) is 3. The summed E-state index contributed by atoms with van der Waals surface area (Å²) in [5, 5.41) is 11.6. The zero-order chi connectivity index (χ0) is 12.8. The van der Waals surface area contributed by atoms with Crippen LogP contribution in [0.5, 0.6) is 0 Å². The molecule has 0 bridgehead atoms. The predicted octanol–water partition coefficient (Wildman–Crippen LogP) is 0.487. The lowest BCUT2D eigenvalue weighted by Gasteiger charge is -2.36. The van der Waals surface area contributed by atoms with Gasteiger partial charge in [0.15, 0.2) is 0 Å². The Kier molecular flexibility index (Phi) is 5.38. The van der Waals surface area contributed by atoms with Crippen LogP contribution in [-0.4, -0.2) is 40.6 Å². The average molecular weight is 227 g/mol. The Hall–Kier alpha value is -1.69. The van der Waals surface area contributed by atoms with E-state index in [1.807, 2.05) is 0 Å². The predicted molar refractivity (Wildman–Crippen MR) is 60.9 cm³/mol. The highest BCUT2D eigenvalue weighted by molar-refractivity contribution is 5.88. The molecule has 0 aromatic carbocycles. The summed E-state index contributed by atoms with van der Waals surface area (Å²) in [5.41, 5.74) is -1.04. The normalized spacial score (nSPS) is 11.2. The number of aliphatic hydroxyl groups is 1. The number of amides is 3. The Morgan fingerprint density at radius 2 is 2.12 bits per heavy atom. The van der Waals surface area contributed by atoms with Gasteiger partial charge in [0.2, 0.25) is 5.91 Å². The van der Waals surface area contributed by atoms with Gasteiger partial charge < -0.3 is 10.4 Å². The Bertz CT molecular complexity index is 310. The van der Waals surface area contributed by atoms with Crippen LogP contribution in [0.1, 0.15) is 20.8 Å². The van der Waals surface area contributed by atoms with Crippen molar-refractivity contribution >= 4 is 18.2 Å². The second-order valence-corrected chi connectivity index (χ2v) is 3.49. The minimum Gasteiger partial charge on any atom is -0.376 e. The van der Waals surface area contributed by atoms with E-state index in [1.54, 1.807) is 20.8 Å². The first-order valence-electron chi connectivity index (χ1n) is 4.74. The van der Waals surface area contributed by atoms with Crippen LogP contribution in [0.2, 0.25) is 0 Å². The van der Waals surface area contributed by atoms with Crippen LogP contribution in [0.3, 0.4) is 0 Å². The van der Waals surface area contributed by atoms with Crippen molar-refractivity contribution in [1.82, 2.24) is 10.2 Å². The van der Waals surface area contributed by atoms with Crippen molar-refractivity contribution in [1.29, 1.82) is 0 Å². The van der Waals surface area contributed by atoms with Gasteiger partial charge in [-0.25, -0.2) is 9.79 Å². The second kappa shape index (κ2) is 6.02. The number of rotatable bonds is 4. The molecule has 6 heteroatoms. The van der Waals surface area contributed by atoms with Crippen LogP contribution in [0, 0.1) is 0 Å². The van der Waals surface area contributed by atoms with E-state index in [0.717, 1.165) is 11.0 Å². The molecular formula is C10H17N3O3. The molecular weight excluding hydrogens is 210 g/mol. The molecule has 0 atom stereocenters. The van der Waals surface area contributed by atoms with Gasteiger partial charge in [-0.2, -0.15) is 0 Å². The maximum atomic E-state index is 11.5. The lowest BCUT2D eigenvalue weighted by atomic mass is 10.2. The van der Waals surface area contributed by atoms with E-state index in [2.05, 4.69) is 16.9 Å². The number of carbonyl (C=O) groups is 2. The summed E-state index contributed by atoms with van der Waals surface area (Å²) in [6.45, 7) is 7.50. The first-order chi connectivity index (χ1) is 7.38. The van der Waals surface area contributed by atoms with Crippen molar-refractivity contribution in [2.75, 3.05) is 6.73 Å². The van der Waals surface area contributed by atoms with Crippen LogP contribution in [-0.2, 0) is 4.79 Å². The molecule has 0 radical (unpaired) electrons. The zero-order valence-corrected chi connectivity index (χ0v) is 9.73. The number of hydrogen-bond donors (Lipinski definition) is 2. The topological polar surface area (TPSA) is 82.0 Å². The molecule has 0 aromatic rings. The number of nitrogens with one attached hydrogen (secondary N) is 1. The molecule has 0 aromatic heterocycles. The van der Waals surface area contributed by atoms with Crippen molar-refractivity contribution in [2.45, 2.75) is 26.4 Å². The molecule has 90 valence electrons. The number of nitrogens with zero attached hydrogens (tertiary/aromatic N) is 2. The summed E-state index contributed by atoms with van der Waals surface area (Å²) >= 11 is 0. The molecule has 6 nitrogen and oxygen atoms in total. The molecule has 0 saturated heterocycles. The highest BCUT2D eigenvalue weighted by Crippen LogP contribution is 2.11. The van der Waals surface area contributed by atoms with Gasteiger partial charge >= 0.3 is 6.03 Å². The smallest absolute Gasteiger partial charge is 0.346 e. The molecule has 0 aliphatic carbocycles. The molecule has 0 rings (SSSR count). The van der Waals surface area contributed by atoms with Crippen LogP contribution in [0.25, 0.3) is 0 Å². The van der Waals surface area contributed by atoms with Gasteiger partial charge in [0.1, 0.15) is 12.4 Å². The van der Waals surface area contributed by atoms with E-state index in [0.29, 0.717) is 0 Å². The summed E-state index contributed by atoms with van der Waals surface area (Å²) < 4.78 is 0. The summed E-state index contributed by atoms with van der Waals surface area (Å²) in [4.78, 5) is 27.2. The minimum absolute atomic E-state index is 0.434. The number of urea groups is 1. The quantitative estimate of drug-likeness (QED) is 0.416. The highest BCUT2D eigenvalue weighted by atomic mass is 16.3. The van der Waals surface area contributed by atoms with Crippen molar-refractivity contribution in [2.24, 2.45) is 4.99 Å². The summed E-state index contributed by atoms with van der Waals surface area (Å²) in [6.07, 6.45) is 2.40. The van der Waals surface area contributed by atoms with Crippen LogP contribution in [0.15, 0.2) is 17.6 Å². The lowest BCUT2D eigenvalue weighted by Crippen LogP contribution is -2.58. The van der Waals surface area contributed by atoms with Crippen molar-refractivity contribution in [3.8, 4) is 0 Å². The fraction of sp³-hybridized carbons (Fsp3) is 0.500. The molecule has 0 spiro atoms. The first kappa shape index (κ1) is 14.3. The van der Waals surface area contributed by atoms with Crippen molar-refractivity contribution < 1.29 is 14.7 Å². The highest BCUT2D eigenvalue weighted by Gasteiger charge is 2.30. The monoisotopic (exact) mass is 227 g/mol. The van der Waals surface area contributed by atoms with Crippen molar-refractivity contribution in [3.05, 3.63) is 12.7 Å². The molecule has 0 aliphatic rings. The third-order valence-electron chi connectivity index (χ3n) is 1.90. The summed E-state index contributed by atoms with van der Waals surface area (Å²) in [5.74, 6) is -0.434. The van der Waals surface area contributed by atoms with Crippen LogP contribution >= 0.6 is 0 Å². The van der Waals surface area contributed by atoms with Gasteiger partial charge in [0.05, 0.1) is 0 Å². The van der Waals surface area contributed by atoms with Gasteiger partial charge in [0.25, 0.3) is 0 Å². The van der Waals surface area contributed by atoms with E-state index >= 15 is 0 Å². The second-order valence-electron chi connectivity index (χ2n) is 3.49. The van der Waals surface area contributed by atoms with Gasteiger partial charge in [-0.1, -0.05) is 6.58 Å². The fourth-order valence-corrected chi connectivity index (χ4v) is 1.08. The number of aliphatic imine (C=N–C) groups is 1. The van der Waals surface area contributed by atoms with E-state index in [9.17, 15) is 9.59 Å². The van der Waals surface area contributed by atoms with E-state index in [4.69, 9.17) is 5.11 Å². The molecule has 0 unspecified atom stereocenters. The first-order valence-corrected chi connectivity index (χ1v) is 4.74. The molecule has 0 saturated carbocycles. The Morgan fingerprint density at radius 3 is 2.50 bits per heavy atom. The van der Waals surface area contributed by atoms with Gasteiger partial charge in [-0.05, 0) is 26.8 Å². The zero-order valence-electron chi connectivity index (χ0n) is 9.73. The number of carbonyl (C=O) groups excluding carboxylic acids is 2.